The van der Waals surface area contributed by atoms with Gasteiger partial charge in [-0.05, 0) is 49.4 Å². The number of anilines is 1. The molecule has 1 amide bonds. The minimum absolute atomic E-state index is 0.126. The van der Waals surface area contributed by atoms with Gasteiger partial charge < -0.3 is 0 Å². The van der Waals surface area contributed by atoms with Gasteiger partial charge in [-0.15, -0.1) is 11.3 Å². The first-order valence-electron chi connectivity index (χ1n) is 8.76. The van der Waals surface area contributed by atoms with Gasteiger partial charge in [0.2, 0.25) is 0 Å². The normalized spacial score (nSPS) is 12.6. The van der Waals surface area contributed by atoms with Gasteiger partial charge in [0, 0.05) is 22.1 Å². The summed E-state index contributed by atoms with van der Waals surface area (Å²) in [6, 6.07) is 9.08. The van der Waals surface area contributed by atoms with E-state index in [0.717, 1.165) is 53.6 Å². The number of hydrogen-bond acceptors (Lipinski definition) is 5. The number of carbonyl (C=O) groups excluding carboxylic acids is 1. The maximum absolute atomic E-state index is 13.6. The predicted octanol–water partition coefficient (Wildman–Crippen LogP) is 4.91. The Hall–Kier alpha value is -3.13. The maximum atomic E-state index is 13.6. The topological polar surface area (TPSA) is 85.1 Å². The van der Waals surface area contributed by atoms with Crippen LogP contribution in [0.4, 0.5) is 15.2 Å². The summed E-state index contributed by atoms with van der Waals surface area (Å²) in [6.07, 6.45) is 3.33. The van der Waals surface area contributed by atoms with Crippen LogP contribution in [0.15, 0.2) is 36.4 Å². The highest BCUT2D eigenvalue weighted by Crippen LogP contribution is 2.33. The van der Waals surface area contributed by atoms with E-state index in [1.165, 1.54) is 22.5 Å². The second-order valence-electron chi connectivity index (χ2n) is 6.67. The smallest absolute Gasteiger partial charge is 0.273 e. The molecule has 1 heterocycles. The molecular weight excluding hydrogens is 381 g/mol. The SMILES string of the molecule is Cc1sc(NC(=O)c2cc(F)cc([N+](=O)[O-])c2)nc1-c1ccc2c(c1)CCC2. The number of fused-ring (bicyclic) bond motifs is 1. The van der Waals surface area contributed by atoms with Gasteiger partial charge in [0.05, 0.1) is 16.7 Å². The van der Waals surface area contributed by atoms with Gasteiger partial charge in [-0.2, -0.15) is 0 Å². The first kappa shape index (κ1) is 18.2. The van der Waals surface area contributed by atoms with Crippen LogP contribution in [-0.2, 0) is 12.8 Å². The highest BCUT2D eigenvalue weighted by molar-refractivity contribution is 7.16. The fraction of sp³-hybridized carbons (Fsp3) is 0.200. The van der Waals surface area contributed by atoms with Crippen molar-refractivity contribution in [2.75, 3.05) is 5.32 Å². The number of carbonyl (C=O) groups is 1. The summed E-state index contributed by atoms with van der Waals surface area (Å²) in [6.45, 7) is 1.92. The van der Waals surface area contributed by atoms with Crippen molar-refractivity contribution in [2.45, 2.75) is 26.2 Å². The number of rotatable bonds is 4. The maximum Gasteiger partial charge on any atom is 0.273 e. The van der Waals surface area contributed by atoms with Crippen LogP contribution in [0.1, 0.15) is 32.8 Å². The molecule has 4 rings (SSSR count). The third kappa shape index (κ3) is 3.50. The molecule has 1 aliphatic carbocycles. The molecule has 6 nitrogen and oxygen atoms in total. The largest absolute Gasteiger partial charge is 0.298 e. The third-order valence-electron chi connectivity index (χ3n) is 4.74. The average molecular weight is 397 g/mol. The highest BCUT2D eigenvalue weighted by atomic mass is 32.1. The van der Waals surface area contributed by atoms with Gasteiger partial charge in [-0.25, -0.2) is 9.37 Å². The van der Waals surface area contributed by atoms with E-state index in [2.05, 4.69) is 22.4 Å². The molecular formula is C20H16FN3O3S. The number of nitrogens with one attached hydrogen (secondary N) is 1. The van der Waals surface area contributed by atoms with Crippen LogP contribution in [0, 0.1) is 22.9 Å². The molecule has 0 fully saturated rings. The number of thiazole rings is 1. The van der Waals surface area contributed by atoms with Crippen LogP contribution in [0.2, 0.25) is 0 Å². The number of halogens is 1. The van der Waals surface area contributed by atoms with Crippen LogP contribution >= 0.6 is 11.3 Å². The lowest BCUT2D eigenvalue weighted by molar-refractivity contribution is -0.385. The van der Waals surface area contributed by atoms with Gasteiger partial charge in [-0.1, -0.05) is 12.1 Å². The number of nitro benzene ring substituents is 1. The summed E-state index contributed by atoms with van der Waals surface area (Å²) >= 11 is 1.31. The lowest BCUT2D eigenvalue weighted by Crippen LogP contribution is -2.12. The summed E-state index contributed by atoms with van der Waals surface area (Å²) in [4.78, 5) is 28.0. The zero-order valence-corrected chi connectivity index (χ0v) is 15.8. The molecule has 2 aromatic carbocycles. The minimum Gasteiger partial charge on any atom is -0.298 e. The molecule has 0 unspecified atom stereocenters. The highest BCUT2D eigenvalue weighted by Gasteiger charge is 2.18. The number of amides is 1. The number of benzene rings is 2. The molecule has 0 saturated carbocycles. The number of hydrogen-bond donors (Lipinski definition) is 1. The van der Waals surface area contributed by atoms with Crippen molar-refractivity contribution >= 4 is 28.1 Å². The van der Waals surface area contributed by atoms with E-state index in [1.807, 2.05) is 13.0 Å². The fourth-order valence-corrected chi connectivity index (χ4v) is 4.25. The Morgan fingerprint density at radius 1 is 1.21 bits per heavy atom. The molecule has 0 radical (unpaired) electrons. The van der Waals surface area contributed by atoms with Crippen molar-refractivity contribution in [3.8, 4) is 11.3 Å². The Morgan fingerprint density at radius 3 is 2.79 bits per heavy atom. The van der Waals surface area contributed by atoms with Gasteiger partial charge >= 0.3 is 0 Å². The van der Waals surface area contributed by atoms with Crippen LogP contribution in [-0.4, -0.2) is 15.8 Å². The first-order chi connectivity index (χ1) is 13.4. The monoisotopic (exact) mass is 397 g/mol. The molecule has 1 N–H and O–H groups in total. The van der Waals surface area contributed by atoms with Crippen molar-refractivity contribution in [2.24, 2.45) is 0 Å². The number of aryl methyl sites for hydroxylation is 3. The summed E-state index contributed by atoms with van der Waals surface area (Å²) < 4.78 is 13.6. The van der Waals surface area contributed by atoms with Gasteiger partial charge in [0.15, 0.2) is 5.13 Å². The standard InChI is InChI=1S/C20H16FN3O3S/c1-11-18(14-6-5-12-3-2-4-13(12)7-14)22-20(28-11)23-19(25)15-8-16(21)10-17(9-15)24(26)27/h5-10H,2-4H2,1H3,(H,22,23,25). The molecule has 0 bridgehead atoms. The van der Waals surface area contributed by atoms with Crippen molar-refractivity contribution in [3.63, 3.8) is 0 Å². The molecule has 1 aliphatic rings. The van der Waals surface area contributed by atoms with E-state index in [1.54, 1.807) is 0 Å². The zero-order chi connectivity index (χ0) is 19.8. The van der Waals surface area contributed by atoms with Gasteiger partial charge in [0.25, 0.3) is 11.6 Å². The van der Waals surface area contributed by atoms with Crippen molar-refractivity contribution in [3.05, 3.63) is 73.9 Å². The van der Waals surface area contributed by atoms with Crippen molar-refractivity contribution in [1.82, 2.24) is 4.98 Å². The average Bonchev–Trinajstić information content (AvgIpc) is 3.26. The van der Waals surface area contributed by atoms with E-state index in [9.17, 15) is 19.3 Å². The summed E-state index contributed by atoms with van der Waals surface area (Å²) in [5, 5.41) is 13.8. The van der Waals surface area contributed by atoms with E-state index in [0.29, 0.717) is 5.13 Å². The van der Waals surface area contributed by atoms with E-state index >= 15 is 0 Å². The van der Waals surface area contributed by atoms with E-state index in [-0.39, 0.29) is 5.56 Å². The van der Waals surface area contributed by atoms with Crippen LogP contribution in [0.5, 0.6) is 0 Å². The zero-order valence-electron chi connectivity index (χ0n) is 15.0. The Morgan fingerprint density at radius 2 is 2.00 bits per heavy atom. The van der Waals surface area contributed by atoms with Crippen molar-refractivity contribution < 1.29 is 14.1 Å². The van der Waals surface area contributed by atoms with Crippen LogP contribution in [0.3, 0.4) is 0 Å². The Balaban J connectivity index is 1.59. The number of aromatic nitrogens is 1. The lowest BCUT2D eigenvalue weighted by Gasteiger charge is -2.04. The number of non-ortho nitro benzene ring substituents is 1. The quantitative estimate of drug-likeness (QED) is 0.501. The summed E-state index contributed by atoms with van der Waals surface area (Å²) in [5.74, 6) is -1.48. The Bertz CT molecular complexity index is 1110. The third-order valence-corrected chi connectivity index (χ3v) is 5.63. The Labute approximate surface area is 164 Å². The van der Waals surface area contributed by atoms with Crippen molar-refractivity contribution in [1.29, 1.82) is 0 Å². The number of nitro groups is 1. The summed E-state index contributed by atoms with van der Waals surface area (Å²) in [5.41, 5.74) is 3.90. The van der Waals surface area contributed by atoms with E-state index < -0.39 is 22.3 Å². The Kier molecular flexibility index (Phi) is 4.64. The van der Waals surface area contributed by atoms with Crippen LogP contribution < -0.4 is 5.32 Å². The molecule has 0 spiro atoms. The molecule has 0 atom stereocenters. The predicted molar refractivity (Wildman–Crippen MR) is 105 cm³/mol. The molecule has 8 heteroatoms. The molecule has 28 heavy (non-hydrogen) atoms. The van der Waals surface area contributed by atoms with E-state index in [4.69, 9.17) is 0 Å². The molecule has 3 aromatic rings. The van der Waals surface area contributed by atoms with Gasteiger partial charge in [-0.3, -0.25) is 20.2 Å². The second-order valence-corrected chi connectivity index (χ2v) is 7.87. The number of nitrogens with zero attached hydrogens (tertiary/aromatic N) is 2. The molecule has 1 aromatic heterocycles. The molecule has 142 valence electrons. The summed E-state index contributed by atoms with van der Waals surface area (Å²) in [7, 11) is 0. The second kappa shape index (κ2) is 7.12. The molecule has 0 aliphatic heterocycles. The van der Waals surface area contributed by atoms with Crippen LogP contribution in [0.25, 0.3) is 11.3 Å². The fourth-order valence-electron chi connectivity index (χ4n) is 3.42. The first-order valence-corrected chi connectivity index (χ1v) is 9.58. The lowest BCUT2D eigenvalue weighted by atomic mass is 10.0. The van der Waals surface area contributed by atoms with Gasteiger partial charge in [0.1, 0.15) is 5.82 Å². The molecule has 0 saturated heterocycles. The minimum atomic E-state index is -0.839.